The summed E-state index contributed by atoms with van der Waals surface area (Å²) in [6, 6.07) is 8.22. The average Bonchev–Trinajstić information content (AvgIpc) is 3.21. The smallest absolute Gasteiger partial charge is 0.191 e. The molecule has 1 aliphatic rings. The number of nitrogens with one attached hydrogen (secondary N) is 2. The summed E-state index contributed by atoms with van der Waals surface area (Å²) in [5.41, 5.74) is 1.27. The fraction of sp³-hybridized carbons (Fsp3) is 0.526. The van der Waals surface area contributed by atoms with Crippen molar-refractivity contribution < 1.29 is 4.74 Å². The standard InChI is InChI=1S/C19H28N6O/c1-4-5-10-20-19(22-13-18-24-23-14(2)25(18)3)21-12-16-11-15-8-6-7-9-17(15)26-16/h6-9,16H,4-5,10-13H2,1-3H3,(H2,20,21,22). The van der Waals surface area contributed by atoms with Crippen molar-refractivity contribution in [3.05, 3.63) is 41.5 Å². The first kappa shape index (κ1) is 18.2. The lowest BCUT2D eigenvalue weighted by molar-refractivity contribution is 0.235. The van der Waals surface area contributed by atoms with Gasteiger partial charge in [0.1, 0.15) is 24.2 Å². The third-order valence-electron chi connectivity index (χ3n) is 4.60. The summed E-state index contributed by atoms with van der Waals surface area (Å²) in [7, 11) is 1.96. The van der Waals surface area contributed by atoms with E-state index in [9.17, 15) is 0 Å². The highest BCUT2D eigenvalue weighted by atomic mass is 16.5. The number of rotatable bonds is 7. The molecule has 1 aromatic carbocycles. The van der Waals surface area contributed by atoms with Gasteiger partial charge >= 0.3 is 0 Å². The molecule has 0 saturated carbocycles. The van der Waals surface area contributed by atoms with Crippen molar-refractivity contribution in [1.82, 2.24) is 25.4 Å². The zero-order valence-corrected chi connectivity index (χ0v) is 15.8. The molecule has 0 fully saturated rings. The van der Waals surface area contributed by atoms with Gasteiger partial charge in [-0.2, -0.15) is 0 Å². The molecule has 2 heterocycles. The molecule has 0 radical (unpaired) electrons. The minimum absolute atomic E-state index is 0.127. The number of unbranched alkanes of at least 4 members (excludes halogenated alkanes) is 1. The number of hydrogen-bond acceptors (Lipinski definition) is 4. The second kappa shape index (κ2) is 8.69. The van der Waals surface area contributed by atoms with Crippen LogP contribution in [0.5, 0.6) is 5.75 Å². The lowest BCUT2D eigenvalue weighted by Crippen LogP contribution is -2.42. The Labute approximate surface area is 154 Å². The first-order chi connectivity index (χ1) is 12.7. The number of aliphatic imine (C=N–C) groups is 1. The van der Waals surface area contributed by atoms with Crippen LogP contribution in [-0.2, 0) is 20.0 Å². The fourth-order valence-corrected chi connectivity index (χ4v) is 2.87. The van der Waals surface area contributed by atoms with Crippen LogP contribution >= 0.6 is 0 Å². The highest BCUT2D eigenvalue weighted by Gasteiger charge is 2.22. The van der Waals surface area contributed by atoms with Crippen LogP contribution in [0.1, 0.15) is 37.0 Å². The van der Waals surface area contributed by atoms with E-state index >= 15 is 0 Å². The van der Waals surface area contributed by atoms with Crippen LogP contribution in [0.2, 0.25) is 0 Å². The van der Waals surface area contributed by atoms with Gasteiger partial charge in [-0.1, -0.05) is 31.5 Å². The summed E-state index contributed by atoms with van der Waals surface area (Å²) in [4.78, 5) is 4.67. The van der Waals surface area contributed by atoms with Crippen LogP contribution < -0.4 is 15.4 Å². The van der Waals surface area contributed by atoms with Gasteiger partial charge in [-0.25, -0.2) is 4.99 Å². The van der Waals surface area contributed by atoms with Gasteiger partial charge in [0.15, 0.2) is 11.8 Å². The number of aromatic nitrogens is 3. The molecule has 0 spiro atoms. The highest BCUT2D eigenvalue weighted by Crippen LogP contribution is 2.27. The lowest BCUT2D eigenvalue weighted by Gasteiger charge is -2.16. The molecule has 140 valence electrons. The van der Waals surface area contributed by atoms with Gasteiger partial charge in [-0.3, -0.25) is 0 Å². The van der Waals surface area contributed by atoms with Crippen molar-refractivity contribution in [2.24, 2.45) is 12.0 Å². The van der Waals surface area contributed by atoms with Crippen LogP contribution in [-0.4, -0.2) is 39.9 Å². The molecular weight excluding hydrogens is 328 g/mol. The minimum Gasteiger partial charge on any atom is -0.488 e. The number of nitrogens with zero attached hydrogens (tertiary/aromatic N) is 4. The van der Waals surface area contributed by atoms with Crippen molar-refractivity contribution in [3.8, 4) is 5.75 Å². The Morgan fingerprint density at radius 1 is 1.31 bits per heavy atom. The van der Waals surface area contributed by atoms with Crippen LogP contribution in [0.15, 0.2) is 29.3 Å². The van der Waals surface area contributed by atoms with Gasteiger partial charge in [0.05, 0.1) is 6.54 Å². The van der Waals surface area contributed by atoms with Crippen LogP contribution in [0.3, 0.4) is 0 Å². The molecule has 7 heteroatoms. The number of ether oxygens (including phenoxy) is 1. The monoisotopic (exact) mass is 356 g/mol. The molecule has 1 aliphatic heterocycles. The molecule has 7 nitrogen and oxygen atoms in total. The Hall–Kier alpha value is -2.57. The molecular formula is C19H28N6O. The lowest BCUT2D eigenvalue weighted by atomic mass is 10.1. The van der Waals surface area contributed by atoms with Gasteiger partial charge in [0.25, 0.3) is 0 Å². The van der Waals surface area contributed by atoms with Gasteiger partial charge < -0.3 is 19.9 Å². The van der Waals surface area contributed by atoms with Gasteiger partial charge in [-0.05, 0) is 25.0 Å². The van der Waals surface area contributed by atoms with Gasteiger partial charge in [0, 0.05) is 20.0 Å². The van der Waals surface area contributed by atoms with E-state index in [4.69, 9.17) is 4.74 Å². The zero-order valence-electron chi connectivity index (χ0n) is 15.8. The predicted molar refractivity (Wildman–Crippen MR) is 102 cm³/mol. The fourth-order valence-electron chi connectivity index (χ4n) is 2.87. The molecule has 0 bridgehead atoms. The van der Waals surface area contributed by atoms with Gasteiger partial charge in [0.2, 0.25) is 0 Å². The van der Waals surface area contributed by atoms with E-state index in [2.05, 4.69) is 44.9 Å². The summed E-state index contributed by atoms with van der Waals surface area (Å²) in [6.45, 7) is 6.22. The maximum atomic E-state index is 6.00. The highest BCUT2D eigenvalue weighted by molar-refractivity contribution is 5.79. The molecule has 0 saturated heterocycles. The maximum Gasteiger partial charge on any atom is 0.191 e. The van der Waals surface area contributed by atoms with E-state index in [0.29, 0.717) is 13.1 Å². The topological polar surface area (TPSA) is 76.4 Å². The largest absolute Gasteiger partial charge is 0.488 e. The van der Waals surface area contributed by atoms with E-state index in [1.807, 2.05) is 30.7 Å². The molecule has 1 unspecified atom stereocenters. The quantitative estimate of drug-likeness (QED) is 0.451. The first-order valence-electron chi connectivity index (χ1n) is 9.29. The van der Waals surface area contributed by atoms with Crippen LogP contribution in [0.25, 0.3) is 0 Å². The Morgan fingerprint density at radius 2 is 2.15 bits per heavy atom. The number of para-hydroxylation sites is 1. The molecule has 0 aliphatic carbocycles. The number of fused-ring (bicyclic) bond motifs is 1. The van der Waals surface area contributed by atoms with E-state index in [0.717, 1.165) is 49.2 Å². The zero-order chi connectivity index (χ0) is 18.4. The Kier molecular flexibility index (Phi) is 6.09. The van der Waals surface area contributed by atoms with E-state index in [1.54, 1.807) is 0 Å². The van der Waals surface area contributed by atoms with Gasteiger partial charge in [-0.15, -0.1) is 10.2 Å². The van der Waals surface area contributed by atoms with Crippen molar-refractivity contribution in [3.63, 3.8) is 0 Å². The number of hydrogen-bond donors (Lipinski definition) is 2. The summed E-state index contributed by atoms with van der Waals surface area (Å²) in [5.74, 6) is 3.52. The third-order valence-corrected chi connectivity index (χ3v) is 4.60. The average molecular weight is 356 g/mol. The normalized spacial score (nSPS) is 16.3. The summed E-state index contributed by atoms with van der Waals surface area (Å²) in [6.07, 6.45) is 3.30. The minimum atomic E-state index is 0.127. The van der Waals surface area contributed by atoms with Crippen LogP contribution in [0.4, 0.5) is 0 Å². The van der Waals surface area contributed by atoms with Crippen molar-refractivity contribution in [2.45, 2.75) is 45.8 Å². The van der Waals surface area contributed by atoms with E-state index in [-0.39, 0.29) is 6.10 Å². The Bertz CT molecular complexity index is 729. The molecule has 1 atom stereocenters. The van der Waals surface area contributed by atoms with E-state index in [1.165, 1.54) is 5.56 Å². The Balaban J connectivity index is 1.57. The molecule has 2 N–H and O–H groups in total. The third kappa shape index (κ3) is 4.53. The number of benzene rings is 1. The Morgan fingerprint density at radius 3 is 2.88 bits per heavy atom. The van der Waals surface area contributed by atoms with Crippen molar-refractivity contribution in [1.29, 1.82) is 0 Å². The number of guanidine groups is 1. The van der Waals surface area contributed by atoms with E-state index < -0.39 is 0 Å². The van der Waals surface area contributed by atoms with Crippen molar-refractivity contribution in [2.75, 3.05) is 13.1 Å². The second-order valence-corrected chi connectivity index (χ2v) is 6.60. The molecule has 26 heavy (non-hydrogen) atoms. The summed E-state index contributed by atoms with van der Waals surface area (Å²) < 4.78 is 7.96. The molecule has 3 rings (SSSR count). The second-order valence-electron chi connectivity index (χ2n) is 6.60. The molecule has 1 aromatic heterocycles. The SMILES string of the molecule is CCCCNC(=NCc1nnc(C)n1C)NCC1Cc2ccccc2O1. The molecule has 0 amide bonds. The number of aryl methyl sites for hydroxylation is 1. The molecule has 2 aromatic rings. The summed E-state index contributed by atoms with van der Waals surface area (Å²) in [5, 5.41) is 15.1. The predicted octanol–water partition coefficient (Wildman–Crippen LogP) is 1.96. The first-order valence-corrected chi connectivity index (χ1v) is 9.29. The summed E-state index contributed by atoms with van der Waals surface area (Å²) >= 11 is 0. The van der Waals surface area contributed by atoms with Crippen molar-refractivity contribution >= 4 is 5.96 Å². The maximum absolute atomic E-state index is 6.00. The van der Waals surface area contributed by atoms with Crippen LogP contribution in [0, 0.1) is 6.92 Å².